The highest BCUT2D eigenvalue weighted by Crippen LogP contribution is 2.26. The second kappa shape index (κ2) is 6.86. The molecule has 0 aliphatic carbocycles. The number of aryl methyl sites for hydroxylation is 1. The SMILES string of the molecule is COc1cnc(N2CCC(n3c(=O)c(=O)n(C)c4ccccc43)CC2)nc1. The van der Waals surface area contributed by atoms with Crippen LogP contribution in [-0.2, 0) is 7.05 Å². The topological polar surface area (TPSA) is 82.3 Å². The first-order valence-electron chi connectivity index (χ1n) is 8.91. The van der Waals surface area contributed by atoms with Crippen LogP contribution in [0.5, 0.6) is 5.75 Å². The summed E-state index contributed by atoms with van der Waals surface area (Å²) >= 11 is 0. The summed E-state index contributed by atoms with van der Waals surface area (Å²) in [6, 6.07) is 7.51. The molecule has 0 atom stereocenters. The van der Waals surface area contributed by atoms with Crippen molar-refractivity contribution in [3.05, 3.63) is 57.4 Å². The van der Waals surface area contributed by atoms with Crippen LogP contribution in [-0.4, -0.2) is 39.3 Å². The number of piperidine rings is 1. The number of fused-ring (bicyclic) bond motifs is 1. The molecule has 0 bridgehead atoms. The molecule has 0 radical (unpaired) electrons. The fourth-order valence-electron chi connectivity index (χ4n) is 3.68. The molecule has 1 aromatic carbocycles. The van der Waals surface area contributed by atoms with Crippen LogP contribution >= 0.6 is 0 Å². The van der Waals surface area contributed by atoms with Crippen molar-refractivity contribution in [3.63, 3.8) is 0 Å². The van der Waals surface area contributed by atoms with Crippen molar-refractivity contribution >= 4 is 17.0 Å². The highest BCUT2D eigenvalue weighted by atomic mass is 16.5. The van der Waals surface area contributed by atoms with E-state index in [0.717, 1.165) is 23.9 Å². The van der Waals surface area contributed by atoms with Gasteiger partial charge in [-0.3, -0.25) is 14.2 Å². The lowest BCUT2D eigenvalue weighted by Crippen LogP contribution is -2.45. The Hall–Kier alpha value is -3.16. The van der Waals surface area contributed by atoms with Crippen molar-refractivity contribution in [2.75, 3.05) is 25.1 Å². The number of rotatable bonds is 3. The van der Waals surface area contributed by atoms with Gasteiger partial charge in [0.1, 0.15) is 0 Å². The van der Waals surface area contributed by atoms with Crippen molar-refractivity contribution in [2.45, 2.75) is 18.9 Å². The Morgan fingerprint density at radius 3 is 2.26 bits per heavy atom. The molecule has 0 N–H and O–H groups in total. The number of aromatic nitrogens is 4. The minimum atomic E-state index is -0.491. The summed E-state index contributed by atoms with van der Waals surface area (Å²) < 4.78 is 8.19. The van der Waals surface area contributed by atoms with Gasteiger partial charge in [0.2, 0.25) is 5.95 Å². The Balaban J connectivity index is 1.63. The largest absolute Gasteiger partial charge is 0.494 e. The summed E-state index contributed by atoms with van der Waals surface area (Å²) in [5.41, 5.74) is 0.608. The van der Waals surface area contributed by atoms with E-state index in [9.17, 15) is 9.59 Å². The minimum Gasteiger partial charge on any atom is -0.494 e. The van der Waals surface area contributed by atoms with Gasteiger partial charge in [-0.1, -0.05) is 12.1 Å². The number of hydrogen-bond donors (Lipinski definition) is 0. The van der Waals surface area contributed by atoms with Crippen molar-refractivity contribution in [1.29, 1.82) is 0 Å². The average Bonchev–Trinajstić information content (AvgIpc) is 2.73. The van der Waals surface area contributed by atoms with Crippen LogP contribution < -0.4 is 20.8 Å². The fourth-order valence-corrected chi connectivity index (χ4v) is 3.68. The van der Waals surface area contributed by atoms with E-state index >= 15 is 0 Å². The van der Waals surface area contributed by atoms with Crippen LogP contribution in [0.1, 0.15) is 18.9 Å². The van der Waals surface area contributed by atoms with Crippen molar-refractivity contribution in [3.8, 4) is 5.75 Å². The van der Waals surface area contributed by atoms with Gasteiger partial charge in [0.15, 0.2) is 5.75 Å². The molecule has 1 fully saturated rings. The Morgan fingerprint density at radius 1 is 1.00 bits per heavy atom. The zero-order valence-corrected chi connectivity index (χ0v) is 15.3. The predicted molar refractivity (Wildman–Crippen MR) is 103 cm³/mol. The average molecular weight is 367 g/mol. The van der Waals surface area contributed by atoms with Gasteiger partial charge < -0.3 is 14.2 Å². The van der Waals surface area contributed by atoms with Gasteiger partial charge in [-0.25, -0.2) is 9.97 Å². The van der Waals surface area contributed by atoms with E-state index in [1.807, 2.05) is 24.3 Å². The van der Waals surface area contributed by atoms with Crippen molar-refractivity contribution in [1.82, 2.24) is 19.1 Å². The zero-order chi connectivity index (χ0) is 19.0. The van der Waals surface area contributed by atoms with Crippen LogP contribution in [0, 0.1) is 0 Å². The van der Waals surface area contributed by atoms with Gasteiger partial charge in [-0.15, -0.1) is 0 Å². The Bertz CT molecular complexity index is 1080. The Labute approximate surface area is 155 Å². The highest BCUT2D eigenvalue weighted by Gasteiger charge is 2.25. The quantitative estimate of drug-likeness (QED) is 0.650. The number of ether oxygens (including phenoxy) is 1. The molecule has 140 valence electrons. The van der Waals surface area contributed by atoms with Gasteiger partial charge in [0, 0.05) is 26.2 Å². The summed E-state index contributed by atoms with van der Waals surface area (Å²) in [5, 5.41) is 0. The number of benzene rings is 1. The number of methoxy groups -OCH3 is 1. The normalized spacial score (nSPS) is 15.3. The van der Waals surface area contributed by atoms with Gasteiger partial charge in [-0.05, 0) is 25.0 Å². The maximum Gasteiger partial charge on any atom is 0.317 e. The Morgan fingerprint density at radius 2 is 1.63 bits per heavy atom. The van der Waals surface area contributed by atoms with Crippen LogP contribution in [0.2, 0.25) is 0 Å². The van der Waals surface area contributed by atoms with Gasteiger partial charge in [-0.2, -0.15) is 0 Å². The minimum absolute atomic E-state index is 0.0224. The molecule has 27 heavy (non-hydrogen) atoms. The lowest BCUT2D eigenvalue weighted by atomic mass is 10.0. The highest BCUT2D eigenvalue weighted by molar-refractivity contribution is 5.75. The molecule has 3 aromatic rings. The van der Waals surface area contributed by atoms with Crippen LogP contribution in [0.25, 0.3) is 11.0 Å². The Kier molecular flexibility index (Phi) is 4.39. The molecule has 0 spiro atoms. The summed E-state index contributed by atoms with van der Waals surface area (Å²) in [4.78, 5) is 35.8. The molecule has 8 heteroatoms. The number of anilines is 1. The lowest BCUT2D eigenvalue weighted by molar-refractivity contribution is 0.389. The van der Waals surface area contributed by atoms with E-state index in [0.29, 0.717) is 24.8 Å². The molecule has 0 unspecified atom stereocenters. The van der Waals surface area contributed by atoms with Crippen LogP contribution in [0.15, 0.2) is 46.2 Å². The van der Waals surface area contributed by atoms with Crippen LogP contribution in [0.4, 0.5) is 5.95 Å². The smallest absolute Gasteiger partial charge is 0.317 e. The van der Waals surface area contributed by atoms with E-state index in [-0.39, 0.29) is 6.04 Å². The molecule has 4 rings (SSSR count). The molecule has 3 heterocycles. The molecule has 2 aromatic heterocycles. The first-order chi connectivity index (χ1) is 13.1. The second-order valence-corrected chi connectivity index (χ2v) is 6.67. The molecular weight excluding hydrogens is 346 g/mol. The van der Waals surface area contributed by atoms with Crippen molar-refractivity contribution in [2.24, 2.45) is 7.05 Å². The molecule has 1 aliphatic rings. The maximum absolute atomic E-state index is 12.7. The maximum atomic E-state index is 12.7. The van der Waals surface area contributed by atoms with Gasteiger partial charge >= 0.3 is 11.1 Å². The summed E-state index contributed by atoms with van der Waals surface area (Å²) in [6.07, 6.45) is 4.78. The predicted octanol–water partition coefficient (Wildman–Crippen LogP) is 1.34. The number of hydrogen-bond acceptors (Lipinski definition) is 6. The monoisotopic (exact) mass is 367 g/mol. The second-order valence-electron chi connectivity index (χ2n) is 6.67. The number of nitrogens with zero attached hydrogens (tertiary/aromatic N) is 5. The van der Waals surface area contributed by atoms with E-state index < -0.39 is 11.1 Å². The van der Waals surface area contributed by atoms with E-state index in [1.165, 1.54) is 4.57 Å². The van der Waals surface area contributed by atoms with Gasteiger partial charge in [0.25, 0.3) is 0 Å². The lowest BCUT2D eigenvalue weighted by Gasteiger charge is -2.33. The first-order valence-corrected chi connectivity index (χ1v) is 8.91. The zero-order valence-electron chi connectivity index (χ0n) is 15.3. The number of para-hydroxylation sites is 2. The third-order valence-corrected chi connectivity index (χ3v) is 5.17. The molecule has 1 saturated heterocycles. The molecular formula is C19H21N5O3. The first kappa shape index (κ1) is 17.3. The summed E-state index contributed by atoms with van der Waals surface area (Å²) in [6.45, 7) is 1.43. The molecule has 0 amide bonds. The standard InChI is InChI=1S/C19H21N5O3/c1-22-15-5-3-4-6-16(15)24(18(26)17(22)25)13-7-9-23(10-8-13)19-20-11-14(27-2)12-21-19/h3-6,11-13H,7-10H2,1-2H3. The molecule has 0 saturated carbocycles. The molecule has 8 nitrogen and oxygen atoms in total. The van der Waals surface area contributed by atoms with E-state index in [2.05, 4.69) is 14.9 Å². The van der Waals surface area contributed by atoms with Crippen molar-refractivity contribution < 1.29 is 4.74 Å². The third kappa shape index (κ3) is 2.97. The molecule has 1 aliphatic heterocycles. The summed E-state index contributed by atoms with van der Waals surface area (Å²) in [7, 11) is 3.22. The van der Waals surface area contributed by atoms with E-state index in [4.69, 9.17) is 4.74 Å². The van der Waals surface area contributed by atoms with E-state index in [1.54, 1.807) is 31.1 Å². The van der Waals surface area contributed by atoms with Crippen LogP contribution in [0.3, 0.4) is 0 Å². The summed E-state index contributed by atoms with van der Waals surface area (Å²) in [5.74, 6) is 1.27. The van der Waals surface area contributed by atoms with Gasteiger partial charge in [0.05, 0.1) is 30.5 Å². The third-order valence-electron chi connectivity index (χ3n) is 5.17. The fraction of sp³-hybridized carbons (Fsp3) is 0.368.